The van der Waals surface area contributed by atoms with Crippen LogP contribution in [-0.4, -0.2) is 44.0 Å². The Morgan fingerprint density at radius 1 is 1.08 bits per heavy atom. The molecule has 1 fully saturated rings. The van der Waals surface area contributed by atoms with Crippen LogP contribution in [-0.2, 0) is 6.61 Å². The summed E-state index contributed by atoms with van der Waals surface area (Å²) in [6, 6.07) is 15.7. The first-order chi connectivity index (χ1) is 23.5. The lowest BCUT2D eigenvalue weighted by Crippen LogP contribution is -2.41. The summed E-state index contributed by atoms with van der Waals surface area (Å²) in [5.74, 6) is 1.28. The van der Waals surface area contributed by atoms with Gasteiger partial charge < -0.3 is 30.8 Å². The summed E-state index contributed by atoms with van der Waals surface area (Å²) in [7, 11) is 0. The fourth-order valence-electron chi connectivity index (χ4n) is 6.42. The van der Waals surface area contributed by atoms with Gasteiger partial charge in [0, 0.05) is 41.0 Å². The number of nitrogens with one attached hydrogen (secondary N) is 4. The molecule has 1 aliphatic heterocycles. The topological polar surface area (TPSA) is 140 Å². The minimum absolute atomic E-state index is 0.119. The predicted molar refractivity (Wildman–Crippen MR) is 188 cm³/mol. The maximum Gasteiger partial charge on any atom is 0.320 e. The van der Waals surface area contributed by atoms with Gasteiger partial charge in [0.2, 0.25) is 5.95 Å². The zero-order valence-corrected chi connectivity index (χ0v) is 28.5. The second kappa shape index (κ2) is 14.3. The molecule has 4 aromatic rings. The van der Waals surface area contributed by atoms with Crippen LogP contribution in [0.4, 0.5) is 20.8 Å². The highest BCUT2D eigenvalue weighted by Gasteiger charge is 2.30. The SMILES string of the molecule is C[C@H]1CCCCN1c1nnc2ccc(O[C@@H]3CC[C@H](NC(=O)N/C(=C/C(=N)C(C)(C)C)Nc4ccc(F)c(CO)c4)c4ccccc43)cn12. The van der Waals surface area contributed by atoms with Crippen LogP contribution in [0.15, 0.2) is 72.7 Å². The third kappa shape index (κ3) is 7.69. The maximum absolute atomic E-state index is 14.0. The van der Waals surface area contributed by atoms with E-state index in [1.54, 1.807) is 6.08 Å². The number of ether oxygens (including phenoxy) is 1. The number of hydrogen-bond donors (Lipinski definition) is 5. The molecule has 0 bridgehead atoms. The van der Waals surface area contributed by atoms with Gasteiger partial charge in [-0.3, -0.25) is 9.72 Å². The van der Waals surface area contributed by atoms with E-state index < -0.39 is 23.9 Å². The van der Waals surface area contributed by atoms with Gasteiger partial charge in [0.15, 0.2) is 5.65 Å². The highest BCUT2D eigenvalue weighted by atomic mass is 19.1. The molecule has 3 atom stereocenters. The molecule has 0 unspecified atom stereocenters. The number of piperidine rings is 1. The number of allylic oxidation sites excluding steroid dienone is 1. The summed E-state index contributed by atoms with van der Waals surface area (Å²) < 4.78 is 22.6. The number of urea groups is 1. The van der Waals surface area contributed by atoms with E-state index in [0.717, 1.165) is 47.9 Å². The van der Waals surface area contributed by atoms with Gasteiger partial charge in [-0.1, -0.05) is 45.0 Å². The number of carbonyl (C=O) groups excluding carboxylic acids is 1. The minimum atomic E-state index is -0.527. The summed E-state index contributed by atoms with van der Waals surface area (Å²) in [5.41, 5.74) is 3.12. The van der Waals surface area contributed by atoms with Gasteiger partial charge in [-0.25, -0.2) is 9.18 Å². The Hall–Kier alpha value is -4.97. The lowest BCUT2D eigenvalue weighted by Gasteiger charge is -2.33. The zero-order chi connectivity index (χ0) is 34.7. The van der Waals surface area contributed by atoms with E-state index in [2.05, 4.69) is 38.0 Å². The number of benzene rings is 2. The van der Waals surface area contributed by atoms with Gasteiger partial charge >= 0.3 is 6.03 Å². The smallest absolute Gasteiger partial charge is 0.320 e. The summed E-state index contributed by atoms with van der Waals surface area (Å²) in [6.45, 7) is 8.43. The normalized spacial score (nSPS) is 19.7. The minimum Gasteiger partial charge on any atom is -0.484 e. The number of pyridine rings is 1. The van der Waals surface area contributed by atoms with E-state index in [0.29, 0.717) is 24.6 Å². The van der Waals surface area contributed by atoms with Crippen LogP contribution in [0, 0.1) is 16.6 Å². The summed E-state index contributed by atoms with van der Waals surface area (Å²) >= 11 is 0. The molecule has 6 rings (SSSR count). The van der Waals surface area contributed by atoms with Gasteiger partial charge in [-0.15, -0.1) is 10.2 Å². The molecule has 0 saturated carbocycles. The van der Waals surface area contributed by atoms with Crippen molar-refractivity contribution < 1.29 is 19.0 Å². The fraction of sp³-hybridized carbons (Fsp3) is 0.405. The van der Waals surface area contributed by atoms with Gasteiger partial charge in [0.1, 0.15) is 23.5 Å². The van der Waals surface area contributed by atoms with Crippen molar-refractivity contribution in [2.24, 2.45) is 5.41 Å². The van der Waals surface area contributed by atoms with Crippen LogP contribution in [0.5, 0.6) is 5.75 Å². The van der Waals surface area contributed by atoms with Crippen molar-refractivity contribution in [2.75, 3.05) is 16.8 Å². The van der Waals surface area contributed by atoms with E-state index in [1.165, 1.54) is 24.6 Å². The van der Waals surface area contributed by atoms with E-state index in [4.69, 9.17) is 10.1 Å². The number of fused-ring (bicyclic) bond motifs is 2. The molecule has 1 saturated heterocycles. The Balaban J connectivity index is 1.18. The number of rotatable bonds is 9. The Bertz CT molecular complexity index is 1870. The average molecular weight is 669 g/mol. The highest BCUT2D eigenvalue weighted by Crippen LogP contribution is 2.39. The Kier molecular flexibility index (Phi) is 9.86. The molecular weight excluding hydrogens is 623 g/mol. The third-order valence-corrected chi connectivity index (χ3v) is 9.28. The second-order valence-corrected chi connectivity index (χ2v) is 13.9. The molecule has 0 radical (unpaired) electrons. The van der Waals surface area contributed by atoms with Crippen LogP contribution < -0.4 is 25.6 Å². The van der Waals surface area contributed by atoms with Crippen LogP contribution in [0.1, 0.15) is 88.6 Å². The molecule has 49 heavy (non-hydrogen) atoms. The van der Waals surface area contributed by atoms with Crippen molar-refractivity contribution in [3.05, 3.63) is 95.2 Å². The predicted octanol–water partition coefficient (Wildman–Crippen LogP) is 7.01. The van der Waals surface area contributed by atoms with Crippen molar-refractivity contribution in [1.82, 2.24) is 25.2 Å². The molecule has 258 valence electrons. The van der Waals surface area contributed by atoms with Gasteiger partial charge in [0.25, 0.3) is 0 Å². The fourth-order valence-corrected chi connectivity index (χ4v) is 6.42. The number of anilines is 2. The monoisotopic (exact) mass is 668 g/mol. The first-order valence-electron chi connectivity index (χ1n) is 16.9. The summed E-state index contributed by atoms with van der Waals surface area (Å²) in [4.78, 5) is 15.8. The molecule has 12 heteroatoms. The zero-order valence-electron chi connectivity index (χ0n) is 28.5. The number of aromatic nitrogens is 3. The Morgan fingerprint density at radius 3 is 2.63 bits per heavy atom. The second-order valence-electron chi connectivity index (χ2n) is 13.9. The molecule has 5 N–H and O–H groups in total. The van der Waals surface area contributed by atoms with Crippen molar-refractivity contribution in [2.45, 2.75) is 84.6 Å². The highest BCUT2D eigenvalue weighted by molar-refractivity contribution is 5.97. The third-order valence-electron chi connectivity index (χ3n) is 9.28. The number of aliphatic hydroxyl groups excluding tert-OH is 1. The van der Waals surface area contributed by atoms with Crippen molar-refractivity contribution in [3.63, 3.8) is 0 Å². The maximum atomic E-state index is 14.0. The van der Waals surface area contributed by atoms with Gasteiger partial charge in [0.05, 0.1) is 18.8 Å². The number of hydrogen-bond acceptors (Lipinski definition) is 8. The van der Waals surface area contributed by atoms with Crippen LogP contribution >= 0.6 is 0 Å². The molecule has 0 spiro atoms. The van der Waals surface area contributed by atoms with Crippen molar-refractivity contribution in [1.29, 1.82) is 5.41 Å². The molecule has 1 aliphatic carbocycles. The van der Waals surface area contributed by atoms with E-state index in [1.807, 2.05) is 67.8 Å². The van der Waals surface area contributed by atoms with Crippen LogP contribution in [0.2, 0.25) is 0 Å². The largest absolute Gasteiger partial charge is 0.484 e. The van der Waals surface area contributed by atoms with Gasteiger partial charge in [-0.05, 0) is 80.5 Å². The van der Waals surface area contributed by atoms with E-state index >= 15 is 0 Å². The number of amides is 2. The van der Waals surface area contributed by atoms with E-state index in [-0.39, 0.29) is 29.2 Å². The van der Waals surface area contributed by atoms with Crippen molar-refractivity contribution >= 4 is 29.0 Å². The lowest BCUT2D eigenvalue weighted by molar-refractivity contribution is 0.171. The first kappa shape index (κ1) is 33.9. The van der Waals surface area contributed by atoms with E-state index in [9.17, 15) is 14.3 Å². The molecule has 3 heterocycles. The molecule has 2 amide bonds. The van der Waals surface area contributed by atoms with Crippen LogP contribution in [0.25, 0.3) is 5.65 Å². The molecule has 2 aromatic carbocycles. The van der Waals surface area contributed by atoms with Crippen LogP contribution in [0.3, 0.4) is 0 Å². The molecule has 2 aliphatic rings. The summed E-state index contributed by atoms with van der Waals surface area (Å²) in [5, 5.41) is 36.0. The number of nitrogens with zero attached hydrogens (tertiary/aromatic N) is 4. The molecular formula is C37H45FN8O3. The number of aliphatic hydroxyl groups is 1. The lowest BCUT2D eigenvalue weighted by atomic mass is 9.85. The average Bonchev–Trinajstić information content (AvgIpc) is 3.49. The molecule has 2 aromatic heterocycles. The number of carbonyl (C=O) groups is 1. The standard InChI is InChI=1S/C37H45FN8O3/c1-23-9-7-8-18-45(23)36-44-43-34-17-13-26(21-46(34)36)49-31-16-15-30(27-10-5-6-11-28(27)31)41-35(48)42-33(20-32(39)37(2,3)4)40-25-12-14-29(38)24(19-25)22-47/h5-6,10-14,17,19-21,23,30-31,39-40,47H,7-9,15-16,18,22H2,1-4H3,(H2,41,42,48)/b33-20+,39-32?/t23-,30-,31+/m0/s1. The van der Waals surface area contributed by atoms with Gasteiger partial charge in [-0.2, -0.15) is 0 Å². The Labute approximate surface area is 286 Å². The summed E-state index contributed by atoms with van der Waals surface area (Å²) in [6.07, 6.45) is 8.10. The quantitative estimate of drug-likeness (QED) is 0.121. The number of halogens is 1. The molecule has 11 nitrogen and oxygen atoms in total. The van der Waals surface area contributed by atoms with Crippen molar-refractivity contribution in [3.8, 4) is 5.75 Å². The Morgan fingerprint density at radius 2 is 1.88 bits per heavy atom. The first-order valence-corrected chi connectivity index (χ1v) is 16.9.